The zero-order valence-corrected chi connectivity index (χ0v) is 21.3. The van der Waals surface area contributed by atoms with Crippen molar-refractivity contribution in [2.45, 2.75) is 26.4 Å². The number of hydrogen-bond donors (Lipinski definition) is 0. The van der Waals surface area contributed by atoms with Gasteiger partial charge in [0.05, 0.1) is 24.2 Å². The SMILES string of the molecule is COc1cc(C=Nn2c(C(C)C)nc3ccc(Br)cc3c2=O)ccc1OCc1ccccc1Cl. The van der Waals surface area contributed by atoms with Crippen LogP contribution in [0.5, 0.6) is 11.5 Å². The highest BCUT2D eigenvalue weighted by atomic mass is 79.9. The first-order valence-electron chi connectivity index (χ1n) is 10.7. The van der Waals surface area contributed by atoms with Crippen LogP contribution in [0.3, 0.4) is 0 Å². The summed E-state index contributed by atoms with van der Waals surface area (Å²) >= 11 is 9.64. The van der Waals surface area contributed by atoms with Gasteiger partial charge in [-0.25, -0.2) is 4.98 Å². The molecule has 0 bridgehead atoms. The van der Waals surface area contributed by atoms with Crippen LogP contribution in [-0.4, -0.2) is 23.0 Å². The molecule has 0 fully saturated rings. The van der Waals surface area contributed by atoms with Crippen LogP contribution in [0.4, 0.5) is 0 Å². The van der Waals surface area contributed by atoms with Gasteiger partial charge in [0, 0.05) is 21.0 Å². The van der Waals surface area contributed by atoms with Gasteiger partial charge in [0.1, 0.15) is 12.4 Å². The standard InChI is InChI=1S/C26H23BrClN3O3/c1-16(2)25-30-22-10-9-19(27)13-20(22)26(32)31(25)29-14-17-8-11-23(24(12-17)33-3)34-15-18-6-4-5-7-21(18)28/h4-14,16H,15H2,1-3H3. The van der Waals surface area contributed by atoms with Gasteiger partial charge in [0.25, 0.3) is 5.56 Å². The first-order valence-corrected chi connectivity index (χ1v) is 11.8. The van der Waals surface area contributed by atoms with E-state index in [1.165, 1.54) is 4.68 Å². The van der Waals surface area contributed by atoms with Crippen LogP contribution in [0.25, 0.3) is 10.9 Å². The minimum atomic E-state index is -0.224. The third kappa shape index (κ3) is 5.16. The van der Waals surface area contributed by atoms with E-state index in [-0.39, 0.29) is 11.5 Å². The monoisotopic (exact) mass is 539 g/mol. The first kappa shape index (κ1) is 24.0. The Hall–Kier alpha value is -3.16. The number of aromatic nitrogens is 2. The largest absolute Gasteiger partial charge is 0.493 e. The Balaban J connectivity index is 1.65. The van der Waals surface area contributed by atoms with Crippen molar-refractivity contribution < 1.29 is 9.47 Å². The summed E-state index contributed by atoms with van der Waals surface area (Å²) in [5, 5.41) is 5.62. The van der Waals surface area contributed by atoms with Gasteiger partial charge in [-0.1, -0.05) is 59.6 Å². The van der Waals surface area contributed by atoms with Crippen molar-refractivity contribution in [3.8, 4) is 11.5 Å². The van der Waals surface area contributed by atoms with Crippen LogP contribution in [0.15, 0.2) is 75.0 Å². The molecule has 34 heavy (non-hydrogen) atoms. The molecule has 1 heterocycles. The number of ether oxygens (including phenoxy) is 2. The second-order valence-corrected chi connectivity index (χ2v) is 9.26. The van der Waals surface area contributed by atoms with Gasteiger partial charge in [-0.2, -0.15) is 9.78 Å². The molecule has 0 spiro atoms. The molecule has 3 aromatic carbocycles. The van der Waals surface area contributed by atoms with Crippen LogP contribution in [0, 0.1) is 0 Å². The molecule has 0 aliphatic carbocycles. The predicted molar refractivity (Wildman–Crippen MR) is 140 cm³/mol. The molecule has 0 aliphatic heterocycles. The molecule has 4 rings (SSSR count). The summed E-state index contributed by atoms with van der Waals surface area (Å²) < 4.78 is 13.6. The van der Waals surface area contributed by atoms with E-state index < -0.39 is 0 Å². The second-order valence-electron chi connectivity index (χ2n) is 7.94. The molecule has 0 radical (unpaired) electrons. The average molecular weight is 541 g/mol. The van der Waals surface area contributed by atoms with Gasteiger partial charge < -0.3 is 9.47 Å². The molecule has 0 saturated heterocycles. The Bertz CT molecular complexity index is 1430. The fourth-order valence-electron chi connectivity index (χ4n) is 3.43. The van der Waals surface area contributed by atoms with Gasteiger partial charge in [-0.3, -0.25) is 4.79 Å². The van der Waals surface area contributed by atoms with E-state index in [9.17, 15) is 4.79 Å². The fraction of sp³-hybridized carbons (Fsp3) is 0.192. The molecular formula is C26H23BrClN3O3. The number of rotatable bonds is 7. The van der Waals surface area contributed by atoms with Crippen molar-refractivity contribution in [1.82, 2.24) is 9.66 Å². The van der Waals surface area contributed by atoms with Crippen LogP contribution in [0.1, 0.15) is 36.7 Å². The fourth-order valence-corrected chi connectivity index (χ4v) is 3.98. The van der Waals surface area contributed by atoms with Crippen molar-refractivity contribution in [3.05, 3.63) is 97.5 Å². The smallest absolute Gasteiger partial charge is 0.282 e. The molecule has 4 aromatic rings. The van der Waals surface area contributed by atoms with Crippen molar-refractivity contribution in [3.63, 3.8) is 0 Å². The Labute approximate surface area is 210 Å². The van der Waals surface area contributed by atoms with Gasteiger partial charge in [-0.05, 0) is 48.0 Å². The summed E-state index contributed by atoms with van der Waals surface area (Å²) in [7, 11) is 1.57. The third-order valence-electron chi connectivity index (χ3n) is 5.20. The Morgan fingerprint density at radius 3 is 2.65 bits per heavy atom. The summed E-state index contributed by atoms with van der Waals surface area (Å²) in [6.45, 7) is 4.27. The number of halogens is 2. The lowest BCUT2D eigenvalue weighted by atomic mass is 10.2. The molecule has 6 nitrogen and oxygen atoms in total. The Morgan fingerprint density at radius 1 is 1.12 bits per heavy atom. The molecule has 0 unspecified atom stereocenters. The normalized spacial score (nSPS) is 11.5. The molecule has 0 N–H and O–H groups in total. The predicted octanol–water partition coefficient (Wildman–Crippen LogP) is 6.41. The van der Waals surface area contributed by atoms with E-state index in [1.807, 2.05) is 56.3 Å². The average Bonchev–Trinajstić information content (AvgIpc) is 2.83. The maximum Gasteiger partial charge on any atom is 0.282 e. The maximum absolute atomic E-state index is 13.2. The lowest BCUT2D eigenvalue weighted by Gasteiger charge is -2.13. The van der Waals surface area contributed by atoms with Crippen LogP contribution in [-0.2, 0) is 6.61 Å². The highest BCUT2D eigenvalue weighted by Crippen LogP contribution is 2.29. The van der Waals surface area contributed by atoms with Crippen molar-refractivity contribution in [2.75, 3.05) is 7.11 Å². The number of fused-ring (bicyclic) bond motifs is 1. The number of benzene rings is 3. The molecular weight excluding hydrogens is 518 g/mol. The van der Waals surface area contributed by atoms with Gasteiger partial charge in [0.2, 0.25) is 0 Å². The highest BCUT2D eigenvalue weighted by Gasteiger charge is 2.14. The van der Waals surface area contributed by atoms with E-state index in [0.717, 1.165) is 15.6 Å². The van der Waals surface area contributed by atoms with Crippen molar-refractivity contribution in [2.24, 2.45) is 5.10 Å². The highest BCUT2D eigenvalue weighted by molar-refractivity contribution is 9.10. The topological polar surface area (TPSA) is 65.7 Å². The molecule has 0 amide bonds. The minimum absolute atomic E-state index is 0.00743. The summed E-state index contributed by atoms with van der Waals surface area (Å²) in [4.78, 5) is 17.9. The zero-order chi connectivity index (χ0) is 24.2. The number of nitrogens with zero attached hydrogens (tertiary/aromatic N) is 3. The van der Waals surface area contributed by atoms with E-state index in [0.29, 0.717) is 39.9 Å². The molecule has 0 atom stereocenters. The van der Waals surface area contributed by atoms with Gasteiger partial charge >= 0.3 is 0 Å². The number of methoxy groups -OCH3 is 1. The van der Waals surface area contributed by atoms with E-state index in [2.05, 4.69) is 26.0 Å². The van der Waals surface area contributed by atoms with E-state index >= 15 is 0 Å². The van der Waals surface area contributed by atoms with Gasteiger partial charge in [-0.15, -0.1) is 0 Å². The Morgan fingerprint density at radius 2 is 1.91 bits per heavy atom. The quantitative estimate of drug-likeness (QED) is 0.254. The summed E-state index contributed by atoms with van der Waals surface area (Å²) in [6, 6.07) is 18.4. The third-order valence-corrected chi connectivity index (χ3v) is 6.06. The summed E-state index contributed by atoms with van der Waals surface area (Å²) in [5.74, 6) is 1.72. The molecule has 0 saturated carbocycles. The molecule has 0 aliphatic rings. The van der Waals surface area contributed by atoms with Crippen LogP contribution < -0.4 is 15.0 Å². The lowest BCUT2D eigenvalue weighted by molar-refractivity contribution is 0.284. The summed E-state index contributed by atoms with van der Waals surface area (Å²) in [5.41, 5.74) is 2.05. The molecule has 174 valence electrons. The van der Waals surface area contributed by atoms with Crippen molar-refractivity contribution in [1.29, 1.82) is 0 Å². The van der Waals surface area contributed by atoms with E-state index in [4.69, 9.17) is 21.1 Å². The first-order chi connectivity index (χ1) is 16.4. The molecule has 8 heteroatoms. The second kappa shape index (κ2) is 10.4. The van der Waals surface area contributed by atoms with Crippen LogP contribution in [0.2, 0.25) is 5.02 Å². The van der Waals surface area contributed by atoms with Crippen molar-refractivity contribution >= 4 is 44.6 Å². The summed E-state index contributed by atoms with van der Waals surface area (Å²) in [6.07, 6.45) is 1.61. The maximum atomic E-state index is 13.2. The minimum Gasteiger partial charge on any atom is -0.493 e. The lowest BCUT2D eigenvalue weighted by Crippen LogP contribution is -2.23. The van der Waals surface area contributed by atoms with Gasteiger partial charge in [0.15, 0.2) is 11.5 Å². The number of hydrogen-bond acceptors (Lipinski definition) is 5. The van der Waals surface area contributed by atoms with Crippen LogP contribution >= 0.6 is 27.5 Å². The van der Waals surface area contributed by atoms with E-state index in [1.54, 1.807) is 31.5 Å². The zero-order valence-electron chi connectivity index (χ0n) is 19.0. The Kier molecular flexibility index (Phi) is 7.34. The molecule has 1 aromatic heterocycles.